The summed E-state index contributed by atoms with van der Waals surface area (Å²) < 4.78 is 54.5. The number of imidazole rings is 1. The van der Waals surface area contributed by atoms with E-state index >= 15 is 0 Å². The zero-order chi connectivity index (χ0) is 24.9. The van der Waals surface area contributed by atoms with Crippen LogP contribution in [0.2, 0.25) is 0 Å². The molecule has 1 heterocycles. The third kappa shape index (κ3) is 7.56. The fraction of sp³-hybridized carbons (Fsp3) is 0.708. The minimum Gasteiger partial charge on any atom is -0.369 e. The van der Waals surface area contributed by atoms with Crippen LogP contribution in [0.15, 0.2) is 27.6 Å². The summed E-state index contributed by atoms with van der Waals surface area (Å²) in [6, 6.07) is -0.350. The first kappa shape index (κ1) is 26.2. The quantitative estimate of drug-likeness (QED) is 0.269. The lowest BCUT2D eigenvalue weighted by molar-refractivity contribution is -0.0398. The van der Waals surface area contributed by atoms with Crippen molar-refractivity contribution >= 4 is 11.7 Å². The molecule has 0 aromatic carbocycles. The second kappa shape index (κ2) is 10.9. The molecule has 0 saturated heterocycles. The van der Waals surface area contributed by atoms with E-state index in [1.165, 1.54) is 0 Å². The number of hydrogen-bond acceptors (Lipinski definition) is 3. The predicted molar refractivity (Wildman–Crippen MR) is 127 cm³/mol. The summed E-state index contributed by atoms with van der Waals surface area (Å²) in [7, 11) is 0. The van der Waals surface area contributed by atoms with Gasteiger partial charge in [0.05, 0.1) is 23.6 Å². The van der Waals surface area contributed by atoms with Gasteiger partial charge in [-0.15, -0.1) is 0 Å². The molecule has 0 atom stereocenters. The zero-order valence-corrected chi connectivity index (χ0v) is 20.4. The average Bonchev–Trinajstić information content (AvgIpc) is 3.22. The van der Waals surface area contributed by atoms with Gasteiger partial charge in [0, 0.05) is 31.7 Å². The van der Waals surface area contributed by atoms with E-state index in [4.69, 9.17) is 4.99 Å². The summed E-state index contributed by atoms with van der Waals surface area (Å²) in [6.07, 6.45) is 3.06. The Hall–Kier alpha value is -2.39. The highest BCUT2D eigenvalue weighted by Crippen LogP contribution is 2.35. The van der Waals surface area contributed by atoms with Crippen molar-refractivity contribution in [2.75, 3.05) is 0 Å². The van der Waals surface area contributed by atoms with Crippen molar-refractivity contribution < 1.29 is 17.6 Å². The summed E-state index contributed by atoms with van der Waals surface area (Å²) in [4.78, 5) is 16.7. The number of rotatable bonds is 6. The first-order valence-electron chi connectivity index (χ1n) is 12.1. The number of allylic oxidation sites excluding steroid dienone is 1. The molecule has 0 radical (unpaired) electrons. The van der Waals surface area contributed by atoms with Gasteiger partial charge in [0.25, 0.3) is 0 Å². The Kier molecular flexibility index (Phi) is 8.41. The zero-order valence-electron chi connectivity index (χ0n) is 20.4. The summed E-state index contributed by atoms with van der Waals surface area (Å²) in [5.74, 6) is -3.48. The molecule has 0 aliphatic heterocycles. The van der Waals surface area contributed by atoms with Crippen molar-refractivity contribution in [2.24, 2.45) is 9.98 Å². The Morgan fingerprint density at radius 1 is 1.06 bits per heavy atom. The van der Waals surface area contributed by atoms with Crippen LogP contribution in [0.1, 0.15) is 90.1 Å². The Balaban J connectivity index is 1.83. The van der Waals surface area contributed by atoms with E-state index in [-0.39, 0.29) is 50.6 Å². The largest absolute Gasteiger partial charge is 0.369 e. The van der Waals surface area contributed by atoms with Crippen molar-refractivity contribution in [1.29, 1.82) is 0 Å². The van der Waals surface area contributed by atoms with Crippen LogP contribution in [0.5, 0.6) is 0 Å². The van der Waals surface area contributed by atoms with Gasteiger partial charge in [0.15, 0.2) is 0 Å². The van der Waals surface area contributed by atoms with Crippen LogP contribution in [0.3, 0.4) is 0 Å². The molecule has 2 saturated carbocycles. The van der Waals surface area contributed by atoms with Crippen molar-refractivity contribution in [1.82, 2.24) is 20.6 Å². The molecule has 3 rings (SSSR count). The lowest BCUT2D eigenvalue weighted by atomic mass is 9.92. The van der Waals surface area contributed by atoms with Gasteiger partial charge in [0.2, 0.25) is 17.8 Å². The van der Waals surface area contributed by atoms with Crippen LogP contribution in [0.4, 0.5) is 17.6 Å². The van der Waals surface area contributed by atoms with E-state index < -0.39 is 11.8 Å². The van der Waals surface area contributed by atoms with E-state index in [1.807, 2.05) is 27.7 Å². The number of halogens is 4. The number of aromatic nitrogens is 2. The van der Waals surface area contributed by atoms with Crippen LogP contribution in [-0.4, -0.2) is 45.6 Å². The molecule has 10 heteroatoms. The fourth-order valence-corrected chi connectivity index (χ4v) is 4.18. The number of aryl methyl sites for hydroxylation is 1. The molecule has 2 fully saturated rings. The lowest BCUT2D eigenvalue weighted by Crippen LogP contribution is -2.42. The molecule has 0 unspecified atom stereocenters. The highest BCUT2D eigenvalue weighted by molar-refractivity contribution is 6.04. The van der Waals surface area contributed by atoms with Gasteiger partial charge in [0.1, 0.15) is 11.6 Å². The molecule has 6 nitrogen and oxygen atoms in total. The normalized spacial score (nSPS) is 22.9. The van der Waals surface area contributed by atoms with Gasteiger partial charge in [-0.2, -0.15) is 0 Å². The van der Waals surface area contributed by atoms with Crippen LogP contribution in [0.25, 0.3) is 0 Å². The topological polar surface area (TPSA) is 77.5 Å². The first-order chi connectivity index (χ1) is 16.0. The first-order valence-corrected chi connectivity index (χ1v) is 12.1. The number of H-pyrrole nitrogens is 1. The van der Waals surface area contributed by atoms with Gasteiger partial charge < -0.3 is 15.6 Å². The highest BCUT2D eigenvalue weighted by atomic mass is 19.3. The summed E-state index contributed by atoms with van der Waals surface area (Å²) in [5, 5.41) is 6.66. The maximum absolute atomic E-state index is 13.7. The maximum atomic E-state index is 13.7. The molecule has 34 heavy (non-hydrogen) atoms. The van der Waals surface area contributed by atoms with E-state index in [1.54, 1.807) is 6.20 Å². The number of nitrogens with one attached hydrogen (secondary N) is 3. The maximum Gasteiger partial charge on any atom is 0.248 e. The Morgan fingerprint density at radius 2 is 1.65 bits per heavy atom. The molecular formula is C24H36F4N6. The minimum atomic E-state index is -2.64. The van der Waals surface area contributed by atoms with Gasteiger partial charge in [-0.25, -0.2) is 32.5 Å². The molecule has 0 bridgehead atoms. The van der Waals surface area contributed by atoms with Gasteiger partial charge in [-0.1, -0.05) is 6.92 Å². The van der Waals surface area contributed by atoms with Crippen LogP contribution >= 0.6 is 0 Å². The molecule has 0 amide bonds. The molecular weight excluding hydrogens is 448 g/mol. The van der Waals surface area contributed by atoms with Crippen molar-refractivity contribution in [3.05, 3.63) is 29.1 Å². The number of hydrogen-bond donors (Lipinski definition) is 3. The molecule has 3 N–H and O–H groups in total. The number of alkyl halides is 4. The summed E-state index contributed by atoms with van der Waals surface area (Å²) in [6.45, 7) is 7.64. The molecule has 2 aliphatic carbocycles. The molecule has 2 aliphatic rings. The number of aromatic amines is 1. The SMILES string of the molecule is CC/C(C)=C(/NC(=NC1CCC(F)(F)CC1)N=C(C)c1cnc(C)[nH]1)NC1CCC(F)(F)CC1. The van der Waals surface area contributed by atoms with Crippen molar-refractivity contribution in [3.8, 4) is 0 Å². The fourth-order valence-electron chi connectivity index (χ4n) is 4.18. The summed E-state index contributed by atoms with van der Waals surface area (Å²) in [5.41, 5.74) is 2.40. The van der Waals surface area contributed by atoms with E-state index in [0.29, 0.717) is 30.3 Å². The Morgan fingerprint density at radius 3 is 2.18 bits per heavy atom. The van der Waals surface area contributed by atoms with Crippen LogP contribution in [0, 0.1) is 6.92 Å². The van der Waals surface area contributed by atoms with Crippen molar-refractivity contribution in [2.45, 2.75) is 109 Å². The molecule has 1 aromatic rings. The number of guanidine groups is 1. The van der Waals surface area contributed by atoms with Crippen LogP contribution in [-0.2, 0) is 0 Å². The van der Waals surface area contributed by atoms with Gasteiger partial charge >= 0.3 is 0 Å². The molecule has 0 spiro atoms. The predicted octanol–water partition coefficient (Wildman–Crippen LogP) is 5.86. The highest BCUT2D eigenvalue weighted by Gasteiger charge is 2.36. The second-order valence-electron chi connectivity index (χ2n) is 9.53. The second-order valence-corrected chi connectivity index (χ2v) is 9.53. The minimum absolute atomic E-state index is 0.0846. The standard InChI is InChI=1S/C24H36F4N6/c1-5-15(2)21(32-18-6-10-23(25,26)11-7-18)34-22(30-16(3)20-14-29-17(4)31-20)33-19-8-12-24(27,28)13-9-19/h14,18-19,32H,5-13H2,1-4H3,(H,29,31)(H,33,34)/b21-15+,30-16?. The average molecular weight is 485 g/mol. The Bertz CT molecular complexity index is 914. The van der Waals surface area contributed by atoms with Gasteiger partial charge in [-0.3, -0.25) is 0 Å². The smallest absolute Gasteiger partial charge is 0.248 e. The number of aliphatic imine (C=N–C) groups is 2. The van der Waals surface area contributed by atoms with Crippen molar-refractivity contribution in [3.63, 3.8) is 0 Å². The van der Waals surface area contributed by atoms with Gasteiger partial charge in [-0.05, 0) is 58.4 Å². The molecule has 1 aromatic heterocycles. The van der Waals surface area contributed by atoms with E-state index in [0.717, 1.165) is 23.5 Å². The van der Waals surface area contributed by atoms with E-state index in [2.05, 4.69) is 25.6 Å². The summed E-state index contributed by atoms with van der Waals surface area (Å²) >= 11 is 0. The molecule has 190 valence electrons. The Labute approximate surface area is 198 Å². The third-order valence-electron chi connectivity index (χ3n) is 6.62. The monoisotopic (exact) mass is 484 g/mol. The lowest BCUT2D eigenvalue weighted by Gasteiger charge is -2.31. The number of nitrogens with zero attached hydrogens (tertiary/aromatic N) is 3. The van der Waals surface area contributed by atoms with Crippen LogP contribution < -0.4 is 10.6 Å². The van der Waals surface area contributed by atoms with E-state index in [9.17, 15) is 17.6 Å². The third-order valence-corrected chi connectivity index (χ3v) is 6.62.